The summed E-state index contributed by atoms with van der Waals surface area (Å²) in [5.41, 5.74) is 10.5. The number of ether oxygens (including phenoxy) is 1. The molecule has 3 heterocycles. The van der Waals surface area contributed by atoms with Gasteiger partial charge in [0.05, 0.1) is 11.1 Å². The zero-order valence-corrected chi connectivity index (χ0v) is 28.8. The fraction of sp³-hybridized carbons (Fsp3) is 0.0426. The number of nitrogens with zero attached hydrogens (tertiary/aromatic N) is 3. The molecule has 0 saturated carbocycles. The minimum absolute atomic E-state index is 0.539. The molecule has 7 aromatic carbocycles. The van der Waals surface area contributed by atoms with Gasteiger partial charge in [-0.05, 0) is 58.5 Å². The van der Waals surface area contributed by atoms with Crippen LogP contribution in [-0.4, -0.2) is 22.8 Å². The molecule has 0 aliphatic carbocycles. The number of fused-ring (bicyclic) bond motifs is 6. The van der Waals surface area contributed by atoms with E-state index in [-0.39, 0.29) is 0 Å². The van der Waals surface area contributed by atoms with Gasteiger partial charge in [-0.1, -0.05) is 146 Å². The van der Waals surface area contributed by atoms with Crippen molar-refractivity contribution in [2.24, 2.45) is 0 Å². The molecule has 53 heavy (non-hydrogen) atoms. The van der Waals surface area contributed by atoms with Gasteiger partial charge in [0.2, 0.25) is 0 Å². The van der Waals surface area contributed by atoms with E-state index in [1.165, 1.54) is 0 Å². The standard InChI is InChI=1S/C47H30BN3O2/c1-47(48)39-22-12-19-33(42(39)37-18-8-10-24-41(37)53-47)30-25-27-31(28-26-30)44-49-45(36-17-6-5-15-32(36)29-13-3-2-4-14-29)51-46(50-44)38-21-11-20-35-34-16-7-9-23-40(34)52-43(35)38/h2-28H,1H3. The Labute approximate surface area is 308 Å². The van der Waals surface area contributed by atoms with Crippen LogP contribution in [0.4, 0.5) is 0 Å². The molecule has 2 radical (unpaired) electrons. The van der Waals surface area contributed by atoms with E-state index in [1.807, 2.05) is 97.9 Å². The maximum atomic E-state index is 6.73. The molecule has 0 N–H and O–H groups in total. The van der Waals surface area contributed by atoms with Crippen LogP contribution in [0, 0.1) is 0 Å². The molecule has 0 saturated heterocycles. The molecule has 1 aliphatic rings. The van der Waals surface area contributed by atoms with Crippen LogP contribution >= 0.6 is 0 Å². The SMILES string of the molecule is [B]C1(C)Oc2ccccc2-c2c(-c3ccc(-c4nc(-c5ccccc5-c5ccccc5)nc(-c5cccc6c5oc5ccccc56)n4)cc3)cccc21. The van der Waals surface area contributed by atoms with Crippen LogP contribution in [0.3, 0.4) is 0 Å². The Morgan fingerprint density at radius 1 is 0.453 bits per heavy atom. The van der Waals surface area contributed by atoms with Gasteiger partial charge in [0, 0.05) is 27.5 Å². The lowest BCUT2D eigenvalue weighted by atomic mass is 9.71. The van der Waals surface area contributed by atoms with Gasteiger partial charge in [0.1, 0.15) is 24.8 Å². The fourth-order valence-electron chi connectivity index (χ4n) is 7.56. The molecule has 6 heteroatoms. The number of aromatic nitrogens is 3. The average molecular weight is 680 g/mol. The zero-order chi connectivity index (χ0) is 35.5. The van der Waals surface area contributed by atoms with E-state index in [0.717, 1.165) is 83.3 Å². The largest absolute Gasteiger partial charge is 0.492 e. The summed E-state index contributed by atoms with van der Waals surface area (Å²) in [6.07, 6.45) is 0. The summed E-state index contributed by atoms with van der Waals surface area (Å²) >= 11 is 0. The Kier molecular flexibility index (Phi) is 7.12. The first-order valence-electron chi connectivity index (χ1n) is 17.6. The molecule has 248 valence electrons. The van der Waals surface area contributed by atoms with Gasteiger partial charge >= 0.3 is 0 Å². The van der Waals surface area contributed by atoms with E-state index in [2.05, 4.69) is 72.8 Å². The number of furan rings is 1. The lowest BCUT2D eigenvalue weighted by Gasteiger charge is -2.36. The van der Waals surface area contributed by atoms with Crippen LogP contribution in [0.5, 0.6) is 5.75 Å². The van der Waals surface area contributed by atoms with E-state index >= 15 is 0 Å². The van der Waals surface area contributed by atoms with E-state index in [1.54, 1.807) is 0 Å². The Morgan fingerprint density at radius 2 is 1.02 bits per heavy atom. The number of benzene rings is 7. The maximum absolute atomic E-state index is 6.73. The minimum Gasteiger partial charge on any atom is -0.492 e. The van der Waals surface area contributed by atoms with Crippen molar-refractivity contribution in [3.8, 4) is 73.3 Å². The minimum atomic E-state index is -0.962. The molecule has 0 bridgehead atoms. The van der Waals surface area contributed by atoms with Crippen molar-refractivity contribution in [1.82, 2.24) is 15.0 Å². The molecule has 0 spiro atoms. The summed E-state index contributed by atoms with van der Waals surface area (Å²) < 4.78 is 12.7. The Morgan fingerprint density at radius 3 is 1.85 bits per heavy atom. The molecule has 0 amide bonds. The summed E-state index contributed by atoms with van der Waals surface area (Å²) in [6, 6.07) is 55.5. The Bertz CT molecular complexity index is 2840. The molecule has 2 aromatic heterocycles. The van der Waals surface area contributed by atoms with Crippen LogP contribution in [0.2, 0.25) is 0 Å². The van der Waals surface area contributed by atoms with Crippen molar-refractivity contribution in [1.29, 1.82) is 0 Å². The summed E-state index contributed by atoms with van der Waals surface area (Å²) in [6.45, 7) is 1.91. The third-order valence-electron chi connectivity index (χ3n) is 10.1. The quantitative estimate of drug-likeness (QED) is 0.169. The van der Waals surface area contributed by atoms with Crippen molar-refractivity contribution in [2.45, 2.75) is 12.4 Å². The molecular formula is C47H30BN3O2. The van der Waals surface area contributed by atoms with Crippen LogP contribution in [0.1, 0.15) is 12.5 Å². The normalized spacial score (nSPS) is 14.8. The molecule has 5 nitrogen and oxygen atoms in total. The summed E-state index contributed by atoms with van der Waals surface area (Å²) in [4.78, 5) is 15.4. The van der Waals surface area contributed by atoms with Gasteiger partial charge in [0.15, 0.2) is 17.5 Å². The Balaban J connectivity index is 1.15. The second-order valence-electron chi connectivity index (χ2n) is 13.5. The van der Waals surface area contributed by atoms with Crippen molar-refractivity contribution < 1.29 is 9.15 Å². The van der Waals surface area contributed by atoms with Crippen molar-refractivity contribution in [3.05, 3.63) is 169 Å². The molecule has 9 aromatic rings. The van der Waals surface area contributed by atoms with Gasteiger partial charge in [0.25, 0.3) is 0 Å². The summed E-state index contributed by atoms with van der Waals surface area (Å²) in [7, 11) is 6.73. The van der Waals surface area contributed by atoms with E-state index < -0.39 is 5.50 Å². The van der Waals surface area contributed by atoms with Gasteiger partial charge in [-0.25, -0.2) is 15.0 Å². The predicted molar refractivity (Wildman–Crippen MR) is 213 cm³/mol. The highest BCUT2D eigenvalue weighted by Crippen LogP contribution is 2.48. The molecule has 1 unspecified atom stereocenters. The van der Waals surface area contributed by atoms with Crippen LogP contribution in [0.25, 0.3) is 89.5 Å². The fourth-order valence-corrected chi connectivity index (χ4v) is 7.56. The van der Waals surface area contributed by atoms with Crippen LogP contribution < -0.4 is 4.74 Å². The molecule has 0 fully saturated rings. The van der Waals surface area contributed by atoms with Crippen molar-refractivity contribution in [2.75, 3.05) is 0 Å². The molecular weight excluding hydrogens is 649 g/mol. The maximum Gasteiger partial charge on any atom is 0.167 e. The smallest absolute Gasteiger partial charge is 0.167 e. The van der Waals surface area contributed by atoms with Gasteiger partial charge in [-0.15, -0.1) is 0 Å². The third kappa shape index (κ3) is 5.22. The first-order chi connectivity index (χ1) is 26.0. The average Bonchev–Trinajstić information content (AvgIpc) is 3.60. The lowest BCUT2D eigenvalue weighted by Crippen LogP contribution is -2.33. The molecule has 10 rings (SSSR count). The van der Waals surface area contributed by atoms with E-state index in [9.17, 15) is 0 Å². The van der Waals surface area contributed by atoms with E-state index in [4.69, 9.17) is 32.0 Å². The zero-order valence-electron chi connectivity index (χ0n) is 28.8. The van der Waals surface area contributed by atoms with Gasteiger partial charge in [-0.2, -0.15) is 0 Å². The molecule has 1 aliphatic heterocycles. The number of rotatable bonds is 5. The van der Waals surface area contributed by atoms with Crippen LogP contribution in [0.15, 0.2) is 168 Å². The monoisotopic (exact) mass is 679 g/mol. The van der Waals surface area contributed by atoms with Crippen molar-refractivity contribution in [3.63, 3.8) is 0 Å². The summed E-state index contributed by atoms with van der Waals surface area (Å²) in [5.74, 6) is 2.46. The second-order valence-corrected chi connectivity index (χ2v) is 13.5. The predicted octanol–water partition coefficient (Wildman–Crippen LogP) is 11.5. The number of para-hydroxylation sites is 3. The topological polar surface area (TPSA) is 61.0 Å². The van der Waals surface area contributed by atoms with Crippen LogP contribution in [-0.2, 0) is 5.50 Å². The molecule has 1 atom stereocenters. The van der Waals surface area contributed by atoms with Gasteiger partial charge < -0.3 is 9.15 Å². The first-order valence-corrected chi connectivity index (χ1v) is 17.6. The highest BCUT2D eigenvalue weighted by molar-refractivity contribution is 6.16. The lowest BCUT2D eigenvalue weighted by molar-refractivity contribution is 0.175. The first kappa shape index (κ1) is 31.0. The van der Waals surface area contributed by atoms with Gasteiger partial charge in [-0.3, -0.25) is 0 Å². The highest BCUT2D eigenvalue weighted by atomic mass is 16.5. The number of hydrogen-bond acceptors (Lipinski definition) is 5. The Hall–Kier alpha value is -6.79. The third-order valence-corrected chi connectivity index (χ3v) is 10.1. The van der Waals surface area contributed by atoms with Crippen molar-refractivity contribution >= 4 is 29.8 Å². The van der Waals surface area contributed by atoms with E-state index in [0.29, 0.717) is 17.5 Å². The highest BCUT2D eigenvalue weighted by Gasteiger charge is 2.33. The second kappa shape index (κ2) is 12.2. The number of hydrogen-bond donors (Lipinski definition) is 0. The summed E-state index contributed by atoms with van der Waals surface area (Å²) in [5, 5.41) is 2.07.